The molecule has 2 heterocycles. The number of aliphatic imine (C=N–C) groups is 1. The lowest BCUT2D eigenvalue weighted by molar-refractivity contribution is -0.00803. The lowest BCUT2D eigenvalue weighted by Gasteiger charge is -2.34. The summed E-state index contributed by atoms with van der Waals surface area (Å²) in [4.78, 5) is 6.76. The molecule has 2 fully saturated rings. The molecule has 1 saturated carbocycles. The average Bonchev–Trinajstić information content (AvgIpc) is 3.17. The molecule has 166 valence electrons. The van der Waals surface area contributed by atoms with E-state index >= 15 is 0 Å². The summed E-state index contributed by atoms with van der Waals surface area (Å²) < 4.78 is 13.8. The fraction of sp³-hybridized carbons (Fsp3) is 0.810. The lowest BCUT2D eigenvalue weighted by Crippen LogP contribution is -2.48. The lowest BCUT2D eigenvalue weighted by atomic mass is 9.98. The number of rotatable bonds is 8. The van der Waals surface area contributed by atoms with Crippen LogP contribution in [0.5, 0.6) is 0 Å². The number of hydrogen-bond donors (Lipinski definition) is 1. The van der Waals surface area contributed by atoms with E-state index in [2.05, 4.69) is 20.3 Å². The van der Waals surface area contributed by atoms with Gasteiger partial charge in [-0.25, -0.2) is 0 Å². The monoisotopic (exact) mass is 519 g/mol. The van der Waals surface area contributed by atoms with Crippen LogP contribution in [0.15, 0.2) is 17.4 Å². The molecule has 0 radical (unpaired) electrons. The van der Waals surface area contributed by atoms with E-state index in [9.17, 15) is 0 Å². The summed E-state index contributed by atoms with van der Waals surface area (Å²) >= 11 is 0. The molecule has 1 aliphatic heterocycles. The van der Waals surface area contributed by atoms with Gasteiger partial charge in [-0.1, -0.05) is 19.3 Å². The normalized spacial score (nSPS) is 21.1. The molecule has 2 aliphatic rings. The van der Waals surface area contributed by atoms with Crippen molar-refractivity contribution in [3.8, 4) is 0 Å². The standard InChI is InChI=1S/C21H37N5O2.HI/c1-22-21(23-11-7-4-8-13-27-19-9-5-3-6-10-19)26-12-14-28-20(17-26)18-15-24-25(2)16-18;/h15-16,19-20H,3-14,17H2,1-2H3,(H,22,23);1H. The molecule has 1 aromatic heterocycles. The molecule has 1 N–H and O–H groups in total. The van der Waals surface area contributed by atoms with Crippen LogP contribution in [0.25, 0.3) is 0 Å². The van der Waals surface area contributed by atoms with Crippen LogP contribution in [-0.4, -0.2) is 66.6 Å². The maximum Gasteiger partial charge on any atom is 0.193 e. The number of unbranched alkanes of at least 4 members (excludes halogenated alkanes) is 2. The first kappa shape index (κ1) is 24.4. The van der Waals surface area contributed by atoms with E-state index in [1.165, 1.54) is 38.5 Å². The third kappa shape index (κ3) is 8.05. The van der Waals surface area contributed by atoms with Gasteiger partial charge in [0, 0.05) is 45.6 Å². The number of nitrogens with zero attached hydrogens (tertiary/aromatic N) is 4. The first-order chi connectivity index (χ1) is 13.8. The van der Waals surface area contributed by atoms with Crippen molar-refractivity contribution in [2.75, 3.05) is 39.9 Å². The molecular formula is C21H38IN5O2. The second kappa shape index (κ2) is 13.4. The van der Waals surface area contributed by atoms with Crippen molar-refractivity contribution in [2.24, 2.45) is 12.0 Å². The summed E-state index contributed by atoms with van der Waals surface area (Å²) in [6, 6.07) is 0. The molecule has 1 aromatic rings. The highest BCUT2D eigenvalue weighted by atomic mass is 127. The van der Waals surface area contributed by atoms with Crippen LogP contribution in [0.2, 0.25) is 0 Å². The number of guanidine groups is 1. The largest absolute Gasteiger partial charge is 0.378 e. The molecule has 1 saturated heterocycles. The molecule has 0 amide bonds. The average molecular weight is 519 g/mol. The fourth-order valence-corrected chi connectivity index (χ4v) is 4.07. The number of halogens is 1. The van der Waals surface area contributed by atoms with Gasteiger partial charge in [-0.3, -0.25) is 9.67 Å². The Morgan fingerprint density at radius 1 is 1.28 bits per heavy atom. The molecule has 0 bridgehead atoms. The van der Waals surface area contributed by atoms with Crippen LogP contribution in [0.1, 0.15) is 63.0 Å². The van der Waals surface area contributed by atoms with Crippen molar-refractivity contribution in [2.45, 2.75) is 63.6 Å². The van der Waals surface area contributed by atoms with E-state index in [-0.39, 0.29) is 30.1 Å². The Morgan fingerprint density at radius 3 is 2.83 bits per heavy atom. The van der Waals surface area contributed by atoms with Crippen molar-refractivity contribution in [1.82, 2.24) is 20.0 Å². The number of hydrogen-bond acceptors (Lipinski definition) is 4. The Balaban J connectivity index is 0.00000300. The molecule has 1 unspecified atom stereocenters. The highest BCUT2D eigenvalue weighted by Crippen LogP contribution is 2.22. The minimum Gasteiger partial charge on any atom is -0.378 e. The van der Waals surface area contributed by atoms with Gasteiger partial charge in [0.1, 0.15) is 6.10 Å². The summed E-state index contributed by atoms with van der Waals surface area (Å²) in [5, 5.41) is 7.77. The van der Waals surface area contributed by atoms with Gasteiger partial charge in [-0.15, -0.1) is 24.0 Å². The van der Waals surface area contributed by atoms with Crippen molar-refractivity contribution in [1.29, 1.82) is 0 Å². The van der Waals surface area contributed by atoms with Gasteiger partial charge in [-0.05, 0) is 32.1 Å². The van der Waals surface area contributed by atoms with Crippen LogP contribution in [0.4, 0.5) is 0 Å². The van der Waals surface area contributed by atoms with E-state index in [1.54, 1.807) is 0 Å². The quantitative estimate of drug-likeness (QED) is 0.247. The maximum atomic E-state index is 6.01. The van der Waals surface area contributed by atoms with Gasteiger partial charge in [0.25, 0.3) is 0 Å². The van der Waals surface area contributed by atoms with Crippen molar-refractivity contribution < 1.29 is 9.47 Å². The zero-order valence-corrected chi connectivity index (χ0v) is 20.3. The first-order valence-corrected chi connectivity index (χ1v) is 10.9. The predicted octanol–water partition coefficient (Wildman–Crippen LogP) is 3.51. The van der Waals surface area contributed by atoms with Gasteiger partial charge in [-0.2, -0.15) is 5.10 Å². The van der Waals surface area contributed by atoms with Crippen LogP contribution < -0.4 is 5.32 Å². The van der Waals surface area contributed by atoms with Gasteiger partial charge in [0.15, 0.2) is 5.96 Å². The van der Waals surface area contributed by atoms with Crippen LogP contribution in [0, 0.1) is 0 Å². The Kier molecular flexibility index (Phi) is 11.3. The summed E-state index contributed by atoms with van der Waals surface area (Å²) in [7, 11) is 3.79. The Hall–Kier alpha value is -0.870. The van der Waals surface area contributed by atoms with Gasteiger partial charge in [0.05, 0.1) is 25.5 Å². The summed E-state index contributed by atoms with van der Waals surface area (Å²) in [6.45, 7) is 4.24. The third-order valence-corrected chi connectivity index (χ3v) is 5.68. The maximum absolute atomic E-state index is 6.01. The number of ether oxygens (including phenoxy) is 2. The minimum atomic E-state index is 0. The summed E-state index contributed by atoms with van der Waals surface area (Å²) in [6.07, 6.45) is 14.6. The molecule has 7 nitrogen and oxygen atoms in total. The van der Waals surface area contributed by atoms with Crippen molar-refractivity contribution >= 4 is 29.9 Å². The topological polar surface area (TPSA) is 63.9 Å². The van der Waals surface area contributed by atoms with E-state index in [0.717, 1.165) is 50.6 Å². The molecule has 0 aromatic carbocycles. The second-order valence-corrected chi connectivity index (χ2v) is 7.92. The molecule has 0 spiro atoms. The molecule has 29 heavy (non-hydrogen) atoms. The van der Waals surface area contributed by atoms with E-state index in [4.69, 9.17) is 9.47 Å². The first-order valence-electron chi connectivity index (χ1n) is 10.9. The van der Waals surface area contributed by atoms with E-state index in [0.29, 0.717) is 12.7 Å². The van der Waals surface area contributed by atoms with Gasteiger partial charge in [0.2, 0.25) is 0 Å². The molecule has 1 atom stereocenters. The Labute approximate surface area is 192 Å². The number of nitrogens with one attached hydrogen (secondary N) is 1. The van der Waals surface area contributed by atoms with E-state index < -0.39 is 0 Å². The zero-order valence-electron chi connectivity index (χ0n) is 18.0. The minimum absolute atomic E-state index is 0. The number of aryl methyl sites for hydroxylation is 1. The number of aromatic nitrogens is 2. The van der Waals surface area contributed by atoms with Crippen LogP contribution in [-0.2, 0) is 16.5 Å². The highest BCUT2D eigenvalue weighted by Gasteiger charge is 2.25. The Bertz CT molecular complexity index is 604. The van der Waals surface area contributed by atoms with Crippen LogP contribution >= 0.6 is 24.0 Å². The molecule has 1 aliphatic carbocycles. The molecule has 3 rings (SSSR count). The van der Waals surface area contributed by atoms with Gasteiger partial charge < -0.3 is 19.7 Å². The van der Waals surface area contributed by atoms with Gasteiger partial charge >= 0.3 is 0 Å². The van der Waals surface area contributed by atoms with Crippen LogP contribution in [0.3, 0.4) is 0 Å². The number of morpholine rings is 1. The third-order valence-electron chi connectivity index (χ3n) is 5.68. The van der Waals surface area contributed by atoms with E-state index in [1.807, 2.05) is 31.2 Å². The molecular weight excluding hydrogens is 481 g/mol. The predicted molar refractivity (Wildman–Crippen MR) is 127 cm³/mol. The zero-order chi connectivity index (χ0) is 19.6. The Morgan fingerprint density at radius 2 is 2.10 bits per heavy atom. The van der Waals surface area contributed by atoms with Crippen molar-refractivity contribution in [3.63, 3.8) is 0 Å². The summed E-state index contributed by atoms with van der Waals surface area (Å²) in [5.74, 6) is 0.968. The summed E-state index contributed by atoms with van der Waals surface area (Å²) in [5.41, 5.74) is 1.13. The second-order valence-electron chi connectivity index (χ2n) is 7.92. The SMILES string of the molecule is CN=C(NCCCCCOC1CCCCC1)N1CCOC(c2cnn(C)c2)C1.I. The van der Waals surface area contributed by atoms with Crippen molar-refractivity contribution in [3.05, 3.63) is 18.0 Å². The molecule has 8 heteroatoms. The smallest absolute Gasteiger partial charge is 0.193 e. The fourth-order valence-electron chi connectivity index (χ4n) is 4.07. The highest BCUT2D eigenvalue weighted by molar-refractivity contribution is 14.0.